The van der Waals surface area contributed by atoms with E-state index in [4.69, 9.17) is 0 Å². The summed E-state index contributed by atoms with van der Waals surface area (Å²) in [6.07, 6.45) is 4.88. The Balaban J connectivity index is 1.45. The van der Waals surface area contributed by atoms with E-state index >= 15 is 0 Å². The average Bonchev–Trinajstić information content (AvgIpc) is 2.94. The van der Waals surface area contributed by atoms with E-state index < -0.39 is 23.2 Å². The third-order valence-electron chi connectivity index (χ3n) is 5.45. The molecule has 1 N–H and O–H groups in total. The van der Waals surface area contributed by atoms with Crippen LogP contribution in [0.1, 0.15) is 13.8 Å². The number of hydrogen-bond acceptors (Lipinski definition) is 6. The Labute approximate surface area is 144 Å². The second-order valence-electron chi connectivity index (χ2n) is 7.22. The van der Waals surface area contributed by atoms with Gasteiger partial charge in [-0.1, -0.05) is 13.8 Å². The number of fused-ring (bicyclic) bond motifs is 1. The van der Waals surface area contributed by atoms with Crippen molar-refractivity contribution in [1.29, 1.82) is 0 Å². The molecule has 2 aliphatic rings. The molecule has 2 atom stereocenters. The van der Waals surface area contributed by atoms with Crippen LogP contribution in [-0.4, -0.2) is 67.6 Å². The first-order valence-corrected chi connectivity index (χ1v) is 8.31. The van der Waals surface area contributed by atoms with Crippen molar-refractivity contribution in [2.24, 2.45) is 17.3 Å². The molecule has 0 bridgehead atoms. The summed E-state index contributed by atoms with van der Waals surface area (Å²) in [6, 6.07) is 0. The van der Waals surface area contributed by atoms with E-state index in [2.05, 4.69) is 20.0 Å². The van der Waals surface area contributed by atoms with Crippen molar-refractivity contribution < 1.29 is 14.7 Å². The van der Waals surface area contributed by atoms with Crippen molar-refractivity contribution in [3.05, 3.63) is 18.7 Å². The summed E-state index contributed by atoms with van der Waals surface area (Å²) < 4.78 is 1.73. The fraction of sp³-hybridized carbons (Fsp3) is 0.562. The first kappa shape index (κ1) is 15.8. The van der Waals surface area contributed by atoms with Gasteiger partial charge in [0.25, 0.3) is 0 Å². The van der Waals surface area contributed by atoms with Crippen LogP contribution < -0.4 is 4.90 Å². The zero-order chi connectivity index (χ0) is 17.8. The maximum Gasteiger partial charge on any atom is 0.307 e. The Morgan fingerprint density at radius 1 is 1.16 bits per heavy atom. The van der Waals surface area contributed by atoms with Crippen LogP contribution in [0.2, 0.25) is 0 Å². The van der Waals surface area contributed by atoms with Gasteiger partial charge in [0, 0.05) is 26.2 Å². The molecule has 4 rings (SSSR count). The largest absolute Gasteiger partial charge is 0.481 e. The summed E-state index contributed by atoms with van der Waals surface area (Å²) in [5, 5.41) is 13.5. The van der Waals surface area contributed by atoms with Crippen LogP contribution in [0, 0.1) is 17.3 Å². The van der Waals surface area contributed by atoms with Crippen LogP contribution in [0.15, 0.2) is 18.7 Å². The van der Waals surface area contributed by atoms with Gasteiger partial charge in [0.15, 0.2) is 11.5 Å². The normalized spacial score (nSPS) is 25.2. The van der Waals surface area contributed by atoms with Crippen LogP contribution in [0.4, 0.5) is 5.82 Å². The van der Waals surface area contributed by atoms with Gasteiger partial charge < -0.3 is 14.9 Å². The number of amides is 1. The van der Waals surface area contributed by atoms with Gasteiger partial charge >= 0.3 is 5.97 Å². The Morgan fingerprint density at radius 3 is 2.52 bits per heavy atom. The fourth-order valence-corrected chi connectivity index (χ4v) is 3.87. The Morgan fingerprint density at radius 2 is 1.88 bits per heavy atom. The summed E-state index contributed by atoms with van der Waals surface area (Å²) in [4.78, 5) is 36.2. The molecule has 1 saturated heterocycles. The lowest BCUT2D eigenvalue weighted by molar-refractivity contribution is -0.142. The van der Waals surface area contributed by atoms with E-state index in [9.17, 15) is 14.7 Å². The molecular weight excluding hydrogens is 324 g/mol. The van der Waals surface area contributed by atoms with E-state index in [1.165, 1.54) is 6.33 Å². The molecule has 0 unspecified atom stereocenters. The number of carbonyl (C=O) groups excluding carboxylic acids is 1. The van der Waals surface area contributed by atoms with Gasteiger partial charge in [0.05, 0.1) is 24.2 Å². The van der Waals surface area contributed by atoms with Crippen molar-refractivity contribution in [2.45, 2.75) is 13.8 Å². The Kier molecular flexibility index (Phi) is 3.41. The van der Waals surface area contributed by atoms with Gasteiger partial charge in [0.1, 0.15) is 6.33 Å². The summed E-state index contributed by atoms with van der Waals surface area (Å²) in [5.41, 5.74) is 0.219. The molecule has 2 aromatic heterocycles. The van der Waals surface area contributed by atoms with E-state index in [-0.39, 0.29) is 5.91 Å². The smallest absolute Gasteiger partial charge is 0.307 e. The molecular formula is C16H20N6O3. The molecule has 1 amide bonds. The minimum Gasteiger partial charge on any atom is -0.481 e. The number of rotatable bonds is 3. The molecule has 0 aromatic carbocycles. The number of hydrogen-bond donors (Lipinski definition) is 1. The molecule has 0 spiro atoms. The van der Waals surface area contributed by atoms with Crippen molar-refractivity contribution in [3.63, 3.8) is 0 Å². The van der Waals surface area contributed by atoms with Crippen LogP contribution >= 0.6 is 0 Å². The number of nitrogens with zero attached hydrogens (tertiary/aromatic N) is 6. The second-order valence-corrected chi connectivity index (χ2v) is 7.22. The lowest BCUT2D eigenvalue weighted by Gasteiger charge is -2.36. The molecule has 25 heavy (non-hydrogen) atoms. The molecule has 2 fully saturated rings. The van der Waals surface area contributed by atoms with E-state index in [1.54, 1.807) is 21.8 Å². The lowest BCUT2D eigenvalue weighted by atomic mass is 10.1. The number of aliphatic carboxylic acids is 1. The van der Waals surface area contributed by atoms with Crippen molar-refractivity contribution in [1.82, 2.24) is 24.5 Å². The molecule has 9 nitrogen and oxygen atoms in total. The molecule has 1 aliphatic carbocycles. The third kappa shape index (κ3) is 2.41. The van der Waals surface area contributed by atoms with Crippen molar-refractivity contribution in [3.8, 4) is 0 Å². The van der Waals surface area contributed by atoms with Gasteiger partial charge in [-0.25, -0.2) is 4.98 Å². The molecule has 0 radical (unpaired) electrons. The number of carbonyl (C=O) groups is 2. The average molecular weight is 344 g/mol. The highest BCUT2D eigenvalue weighted by Crippen LogP contribution is 2.59. The summed E-state index contributed by atoms with van der Waals surface area (Å²) in [6.45, 7) is 6.11. The first-order chi connectivity index (χ1) is 11.9. The molecule has 9 heteroatoms. The number of anilines is 1. The van der Waals surface area contributed by atoms with Gasteiger partial charge in [0.2, 0.25) is 5.91 Å². The quantitative estimate of drug-likeness (QED) is 0.844. The maximum atomic E-state index is 12.7. The SMILES string of the molecule is CC1(C)[C@H](C(=O)O)[C@@H]1C(=O)N1CCN(c2cncc3ncnn23)CC1. The molecule has 1 aliphatic heterocycles. The highest BCUT2D eigenvalue weighted by atomic mass is 16.4. The summed E-state index contributed by atoms with van der Waals surface area (Å²) in [7, 11) is 0. The van der Waals surface area contributed by atoms with Gasteiger partial charge in [-0.2, -0.15) is 9.61 Å². The summed E-state index contributed by atoms with van der Waals surface area (Å²) in [5.74, 6) is -1.08. The molecule has 132 valence electrons. The van der Waals surface area contributed by atoms with E-state index in [0.29, 0.717) is 31.8 Å². The number of carboxylic acids is 1. The zero-order valence-corrected chi connectivity index (χ0v) is 14.2. The van der Waals surface area contributed by atoms with Crippen LogP contribution in [0.25, 0.3) is 5.65 Å². The standard InChI is InChI=1S/C16H20N6O3/c1-16(2)12(13(16)15(24)25)14(23)21-5-3-20(4-6-21)11-8-17-7-10-18-9-19-22(10)11/h7-9,12-13H,3-6H2,1-2H3,(H,24,25)/t12-,13+/m1/s1. The topological polar surface area (TPSA) is 104 Å². The van der Waals surface area contributed by atoms with Crippen molar-refractivity contribution >= 4 is 23.3 Å². The number of carboxylic acid groups (broad SMARTS) is 1. The van der Waals surface area contributed by atoms with Gasteiger partial charge in [-0.15, -0.1) is 0 Å². The highest BCUT2D eigenvalue weighted by molar-refractivity contribution is 5.91. The Hall–Kier alpha value is -2.71. The third-order valence-corrected chi connectivity index (χ3v) is 5.45. The van der Waals surface area contributed by atoms with Crippen molar-refractivity contribution in [2.75, 3.05) is 31.1 Å². The molecule has 3 heterocycles. The maximum absolute atomic E-state index is 12.7. The first-order valence-electron chi connectivity index (χ1n) is 8.31. The summed E-state index contributed by atoms with van der Waals surface area (Å²) >= 11 is 0. The molecule has 1 saturated carbocycles. The minimum atomic E-state index is -0.883. The van der Waals surface area contributed by atoms with Gasteiger partial charge in [-0.3, -0.25) is 14.6 Å². The van der Waals surface area contributed by atoms with Crippen LogP contribution in [-0.2, 0) is 9.59 Å². The van der Waals surface area contributed by atoms with Gasteiger partial charge in [-0.05, 0) is 5.41 Å². The fourth-order valence-electron chi connectivity index (χ4n) is 3.87. The molecule has 2 aromatic rings. The number of piperazine rings is 1. The predicted octanol–water partition coefficient (Wildman–Crippen LogP) is 0.130. The van der Waals surface area contributed by atoms with E-state index in [0.717, 1.165) is 5.82 Å². The predicted molar refractivity (Wildman–Crippen MR) is 88.0 cm³/mol. The zero-order valence-electron chi connectivity index (χ0n) is 14.2. The second kappa shape index (κ2) is 5.40. The Bertz CT molecular complexity index is 839. The minimum absolute atomic E-state index is 0.0471. The monoisotopic (exact) mass is 344 g/mol. The van der Waals surface area contributed by atoms with E-state index in [1.807, 2.05) is 13.8 Å². The highest BCUT2D eigenvalue weighted by Gasteiger charge is 2.66. The lowest BCUT2D eigenvalue weighted by Crippen LogP contribution is -2.50. The van der Waals surface area contributed by atoms with Crippen LogP contribution in [0.3, 0.4) is 0 Å². The number of aromatic nitrogens is 4. The van der Waals surface area contributed by atoms with Crippen LogP contribution in [0.5, 0.6) is 0 Å².